The van der Waals surface area contributed by atoms with Gasteiger partial charge < -0.3 is 0 Å². The van der Waals surface area contributed by atoms with Crippen molar-refractivity contribution >= 4 is 11.9 Å². The first-order valence-electron chi connectivity index (χ1n) is 5.24. The Morgan fingerprint density at radius 3 is 2.56 bits per heavy atom. The number of hydrogen-bond acceptors (Lipinski definition) is 3. The van der Waals surface area contributed by atoms with Crippen LogP contribution in [0.3, 0.4) is 0 Å². The molecule has 2 aromatic carbocycles. The van der Waals surface area contributed by atoms with Gasteiger partial charge in [-0.3, -0.25) is 0 Å². The maximum atomic E-state index is 5.75. The van der Waals surface area contributed by atoms with E-state index in [0.717, 1.165) is 0 Å². The third-order valence-corrected chi connectivity index (χ3v) is 4.09. The molecule has 3 heteroatoms. The first-order chi connectivity index (χ1) is 7.91. The van der Waals surface area contributed by atoms with Crippen molar-refractivity contribution in [2.75, 3.05) is 0 Å². The van der Waals surface area contributed by atoms with Crippen LogP contribution in [-0.4, -0.2) is 4.47 Å². The van der Waals surface area contributed by atoms with Gasteiger partial charge in [0.05, 0.1) is 0 Å². The fraction of sp³-hybridized carbons (Fsp3) is 0.0769. The van der Waals surface area contributed by atoms with Crippen LogP contribution in [0.1, 0.15) is 11.1 Å². The van der Waals surface area contributed by atoms with Crippen molar-refractivity contribution in [3.05, 3.63) is 65.7 Å². The first-order valence-corrected chi connectivity index (χ1v) is 6.01. The van der Waals surface area contributed by atoms with Gasteiger partial charge in [0, 0.05) is 16.0 Å². The van der Waals surface area contributed by atoms with Gasteiger partial charge in [-0.15, -0.1) is 0 Å². The van der Waals surface area contributed by atoms with Crippen LogP contribution in [0.5, 0.6) is 0 Å². The molecule has 1 fully saturated rings. The summed E-state index contributed by atoms with van der Waals surface area (Å²) >= 11 is 1.67. The number of rotatable bonds is 1. The molecule has 2 heterocycles. The molecular weight excluding hydrogens is 218 g/mol. The molecule has 0 aliphatic carbocycles. The zero-order valence-corrected chi connectivity index (χ0v) is 9.28. The highest BCUT2D eigenvalue weighted by Crippen LogP contribution is 2.63. The van der Waals surface area contributed by atoms with Gasteiger partial charge in [0.2, 0.25) is 5.72 Å². The van der Waals surface area contributed by atoms with Crippen LogP contribution in [0.2, 0.25) is 0 Å². The molecule has 2 aromatic rings. The molecule has 16 heavy (non-hydrogen) atoms. The van der Waals surface area contributed by atoms with E-state index >= 15 is 0 Å². The molecule has 0 saturated carbocycles. The zero-order valence-electron chi connectivity index (χ0n) is 8.46. The number of fused-ring (bicyclic) bond motifs is 3. The molecule has 0 aromatic heterocycles. The maximum absolute atomic E-state index is 5.75. The highest BCUT2D eigenvalue weighted by Gasteiger charge is 2.64. The van der Waals surface area contributed by atoms with Crippen LogP contribution in [-0.2, 0) is 10.6 Å². The monoisotopic (exact) mass is 227 g/mol. The summed E-state index contributed by atoms with van der Waals surface area (Å²) in [6, 6.07) is 18.8. The largest absolute Gasteiger partial charge is 0.249 e. The molecule has 0 spiro atoms. The quantitative estimate of drug-likeness (QED) is 0.549. The number of benzene rings is 2. The predicted molar refractivity (Wildman–Crippen MR) is 62.4 cm³/mol. The smallest absolute Gasteiger partial charge is 0.228 e. The standard InChI is InChI=1S/C13H9NOS/c1-2-6-10(7-3-1)13-11-8-4-5-9-12(11)16-14(13)15-13/h1-9H. The second-order valence-electron chi connectivity index (χ2n) is 3.95. The summed E-state index contributed by atoms with van der Waals surface area (Å²) < 4.78 is 1.97. The van der Waals surface area contributed by atoms with E-state index in [0.29, 0.717) is 0 Å². The second kappa shape index (κ2) is 2.88. The molecule has 0 N–H and O–H groups in total. The summed E-state index contributed by atoms with van der Waals surface area (Å²) in [5.41, 5.74) is 2.14. The van der Waals surface area contributed by atoms with Crippen LogP contribution in [0, 0.1) is 0 Å². The molecule has 2 nitrogen and oxygen atoms in total. The maximum Gasteiger partial charge on any atom is 0.228 e. The Morgan fingerprint density at radius 1 is 0.938 bits per heavy atom. The Hall–Kier alpha value is -1.29. The summed E-state index contributed by atoms with van der Waals surface area (Å²) in [5, 5.41) is 0. The van der Waals surface area contributed by atoms with E-state index in [9.17, 15) is 0 Å². The van der Waals surface area contributed by atoms with Gasteiger partial charge in [-0.05, 0) is 18.0 Å². The number of nitrogens with zero attached hydrogens (tertiary/aromatic N) is 1. The third kappa shape index (κ3) is 0.955. The fourth-order valence-electron chi connectivity index (χ4n) is 2.22. The average molecular weight is 227 g/mol. The van der Waals surface area contributed by atoms with Gasteiger partial charge in [0.15, 0.2) is 0 Å². The predicted octanol–water partition coefficient (Wildman–Crippen LogP) is 3.16. The van der Waals surface area contributed by atoms with E-state index in [1.165, 1.54) is 16.0 Å². The first kappa shape index (κ1) is 8.82. The van der Waals surface area contributed by atoms with Gasteiger partial charge in [0.25, 0.3) is 0 Å². The molecule has 0 amide bonds. The summed E-state index contributed by atoms with van der Waals surface area (Å²) in [6.07, 6.45) is 0. The Morgan fingerprint density at radius 2 is 1.69 bits per heavy atom. The van der Waals surface area contributed by atoms with E-state index in [4.69, 9.17) is 4.84 Å². The van der Waals surface area contributed by atoms with Crippen molar-refractivity contribution in [3.63, 3.8) is 0 Å². The molecular formula is C13H9NOS. The van der Waals surface area contributed by atoms with Crippen molar-refractivity contribution in [1.29, 1.82) is 0 Å². The third-order valence-electron chi connectivity index (χ3n) is 3.04. The molecule has 78 valence electrons. The van der Waals surface area contributed by atoms with Crippen molar-refractivity contribution in [1.82, 2.24) is 4.47 Å². The van der Waals surface area contributed by atoms with E-state index in [2.05, 4.69) is 48.5 Å². The Kier molecular flexibility index (Phi) is 1.59. The van der Waals surface area contributed by atoms with E-state index < -0.39 is 0 Å². The molecule has 0 radical (unpaired) electrons. The van der Waals surface area contributed by atoms with E-state index in [1.54, 1.807) is 11.9 Å². The highest BCUT2D eigenvalue weighted by atomic mass is 32.2. The van der Waals surface area contributed by atoms with Gasteiger partial charge in [0.1, 0.15) is 0 Å². The molecule has 2 atom stereocenters. The molecule has 4 rings (SSSR count). The van der Waals surface area contributed by atoms with Crippen molar-refractivity contribution in [2.45, 2.75) is 10.6 Å². The van der Waals surface area contributed by atoms with Crippen LogP contribution in [0.25, 0.3) is 0 Å². The summed E-state index contributed by atoms with van der Waals surface area (Å²) in [5.74, 6) is 0. The van der Waals surface area contributed by atoms with E-state index in [1.807, 2.05) is 10.5 Å². The SMILES string of the molecule is c1ccc(C23ON2Sc2ccccc23)cc1. The topological polar surface area (TPSA) is 15.5 Å². The van der Waals surface area contributed by atoms with Gasteiger partial charge in [-0.25, -0.2) is 4.84 Å². The van der Waals surface area contributed by atoms with Crippen LogP contribution in [0.4, 0.5) is 0 Å². The van der Waals surface area contributed by atoms with Crippen molar-refractivity contribution in [3.8, 4) is 0 Å². The number of hydrogen-bond donors (Lipinski definition) is 0. The van der Waals surface area contributed by atoms with Crippen LogP contribution >= 0.6 is 11.9 Å². The minimum absolute atomic E-state index is 0.317. The zero-order chi connectivity index (χ0) is 10.6. The lowest BCUT2D eigenvalue weighted by Crippen LogP contribution is -2.10. The lowest BCUT2D eigenvalue weighted by atomic mass is 9.97. The molecule has 0 bridgehead atoms. The van der Waals surface area contributed by atoms with Gasteiger partial charge in [-0.2, -0.15) is 0 Å². The van der Waals surface area contributed by atoms with Crippen LogP contribution < -0.4 is 0 Å². The lowest BCUT2D eigenvalue weighted by Gasteiger charge is -2.08. The second-order valence-corrected chi connectivity index (χ2v) is 4.90. The Balaban J connectivity index is 1.92. The van der Waals surface area contributed by atoms with Gasteiger partial charge in [-0.1, -0.05) is 53.0 Å². The average Bonchev–Trinajstić information content (AvgIpc) is 2.99. The summed E-state index contributed by atoms with van der Waals surface area (Å²) in [6.45, 7) is 0. The van der Waals surface area contributed by atoms with Gasteiger partial charge >= 0.3 is 0 Å². The fourth-order valence-corrected chi connectivity index (χ4v) is 3.32. The number of hydroxylamine groups is 1. The minimum atomic E-state index is -0.317. The van der Waals surface area contributed by atoms with E-state index in [-0.39, 0.29) is 5.72 Å². The summed E-state index contributed by atoms with van der Waals surface area (Å²) in [7, 11) is 0. The molecule has 2 unspecified atom stereocenters. The highest BCUT2D eigenvalue weighted by molar-refractivity contribution is 7.97. The van der Waals surface area contributed by atoms with Crippen molar-refractivity contribution < 1.29 is 4.84 Å². The molecule has 1 saturated heterocycles. The lowest BCUT2D eigenvalue weighted by molar-refractivity contribution is 0.273. The van der Waals surface area contributed by atoms with Crippen molar-refractivity contribution in [2.24, 2.45) is 0 Å². The molecule has 2 aliphatic heterocycles. The van der Waals surface area contributed by atoms with Crippen LogP contribution in [0.15, 0.2) is 59.5 Å². The minimum Gasteiger partial charge on any atom is -0.249 e. The Bertz CT molecular complexity index is 557. The summed E-state index contributed by atoms with van der Waals surface area (Å²) in [4.78, 5) is 7.04. The normalized spacial score (nSPS) is 29.6. The molecule has 2 aliphatic rings. The Labute approximate surface area is 97.9 Å².